The number of Topliss-reactive ketones (excluding diaryl/α,β-unsaturated/α-hetero) is 1. The van der Waals surface area contributed by atoms with Gasteiger partial charge in [0.2, 0.25) is 0 Å². The summed E-state index contributed by atoms with van der Waals surface area (Å²) in [5, 5.41) is 0. The molecule has 2 aliphatic rings. The van der Waals surface area contributed by atoms with Crippen LogP contribution in [-0.2, 0) is 4.74 Å². The Morgan fingerprint density at radius 2 is 2.06 bits per heavy atom. The van der Waals surface area contributed by atoms with Gasteiger partial charge in [0.1, 0.15) is 6.10 Å². The van der Waals surface area contributed by atoms with E-state index in [1.165, 1.54) is 0 Å². The monoisotopic (exact) mass is 228 g/mol. The van der Waals surface area contributed by atoms with Gasteiger partial charge >= 0.3 is 5.97 Å². The molecule has 3 heteroatoms. The lowest BCUT2D eigenvalue weighted by molar-refractivity contribution is 0.0250. The van der Waals surface area contributed by atoms with Crippen LogP contribution >= 0.6 is 0 Å². The van der Waals surface area contributed by atoms with Crippen molar-refractivity contribution in [3.05, 3.63) is 47.0 Å². The van der Waals surface area contributed by atoms with Gasteiger partial charge in [-0.3, -0.25) is 4.79 Å². The Kier molecular flexibility index (Phi) is 1.99. The highest BCUT2D eigenvalue weighted by Crippen LogP contribution is 2.46. The number of carbonyl (C=O) groups is 2. The molecule has 86 valence electrons. The molecule has 17 heavy (non-hydrogen) atoms. The largest absolute Gasteiger partial charge is 0.453 e. The lowest BCUT2D eigenvalue weighted by Crippen LogP contribution is -2.25. The van der Waals surface area contributed by atoms with E-state index in [1.807, 2.05) is 6.92 Å². The summed E-state index contributed by atoms with van der Waals surface area (Å²) in [6.45, 7) is 5.76. The molecule has 1 aliphatic heterocycles. The van der Waals surface area contributed by atoms with Crippen LogP contribution in [0.25, 0.3) is 0 Å². The van der Waals surface area contributed by atoms with Gasteiger partial charge in [-0.05, 0) is 13.0 Å². The average Bonchev–Trinajstić information content (AvgIpc) is 2.63. The third-order valence-corrected chi connectivity index (χ3v) is 3.55. The zero-order valence-corrected chi connectivity index (χ0v) is 9.53. The number of hydrogen-bond acceptors (Lipinski definition) is 3. The van der Waals surface area contributed by atoms with Gasteiger partial charge in [-0.2, -0.15) is 0 Å². The fraction of sp³-hybridized carbons (Fsp3) is 0.286. The Morgan fingerprint density at radius 1 is 1.35 bits per heavy atom. The molecule has 0 fully saturated rings. The maximum Gasteiger partial charge on any atom is 0.339 e. The molecule has 1 heterocycles. The molecular formula is C14H12O3. The average molecular weight is 228 g/mol. The van der Waals surface area contributed by atoms with Crippen molar-refractivity contribution < 1.29 is 14.3 Å². The number of ether oxygens (including phenoxy) is 1. The van der Waals surface area contributed by atoms with E-state index < -0.39 is 0 Å². The minimum Gasteiger partial charge on any atom is -0.453 e. The van der Waals surface area contributed by atoms with Crippen LogP contribution in [0, 0.1) is 5.92 Å². The Morgan fingerprint density at radius 3 is 2.76 bits per heavy atom. The summed E-state index contributed by atoms with van der Waals surface area (Å²) in [7, 11) is 0. The number of carbonyl (C=O) groups excluding carboxylic acids is 2. The highest BCUT2D eigenvalue weighted by molar-refractivity contribution is 6.05. The van der Waals surface area contributed by atoms with Crippen LogP contribution in [-0.4, -0.2) is 11.8 Å². The molecule has 0 radical (unpaired) electrons. The second-order valence-corrected chi connectivity index (χ2v) is 4.67. The Labute approximate surface area is 99.1 Å². The molecule has 1 aliphatic carbocycles. The zero-order valence-electron chi connectivity index (χ0n) is 9.53. The first-order valence-electron chi connectivity index (χ1n) is 5.62. The van der Waals surface area contributed by atoms with Gasteiger partial charge in [-0.25, -0.2) is 4.79 Å². The second kappa shape index (κ2) is 3.29. The number of benzene rings is 1. The summed E-state index contributed by atoms with van der Waals surface area (Å²) >= 11 is 0. The predicted molar refractivity (Wildman–Crippen MR) is 61.9 cm³/mol. The van der Waals surface area contributed by atoms with Gasteiger partial charge in [0.15, 0.2) is 5.78 Å². The van der Waals surface area contributed by atoms with Crippen LogP contribution in [0.3, 0.4) is 0 Å². The van der Waals surface area contributed by atoms with E-state index in [0.717, 1.165) is 11.1 Å². The van der Waals surface area contributed by atoms with E-state index in [2.05, 4.69) is 6.58 Å². The van der Waals surface area contributed by atoms with E-state index in [0.29, 0.717) is 17.5 Å². The Bertz CT molecular complexity index is 557. The molecule has 0 aromatic heterocycles. The summed E-state index contributed by atoms with van der Waals surface area (Å²) in [6, 6.07) is 5.22. The molecule has 2 atom stereocenters. The predicted octanol–water partition coefficient (Wildman–Crippen LogP) is 2.68. The number of rotatable bonds is 1. The molecule has 0 N–H and O–H groups in total. The molecule has 2 unspecified atom stereocenters. The van der Waals surface area contributed by atoms with Crippen molar-refractivity contribution in [3.63, 3.8) is 0 Å². The first-order chi connectivity index (χ1) is 8.09. The first-order valence-corrected chi connectivity index (χ1v) is 5.62. The molecule has 3 rings (SSSR count). The smallest absolute Gasteiger partial charge is 0.339 e. The van der Waals surface area contributed by atoms with E-state index in [1.54, 1.807) is 18.2 Å². The highest BCUT2D eigenvalue weighted by Gasteiger charge is 2.44. The van der Waals surface area contributed by atoms with Crippen LogP contribution < -0.4 is 0 Å². The summed E-state index contributed by atoms with van der Waals surface area (Å²) in [5.41, 5.74) is 2.82. The summed E-state index contributed by atoms with van der Waals surface area (Å²) in [6.07, 6.45) is 0.0629. The molecule has 0 saturated carbocycles. The van der Waals surface area contributed by atoms with Gasteiger partial charge < -0.3 is 4.74 Å². The van der Waals surface area contributed by atoms with E-state index in [9.17, 15) is 9.59 Å². The lowest BCUT2D eigenvalue weighted by Gasteiger charge is -2.28. The normalized spacial score (nSPS) is 25.5. The van der Waals surface area contributed by atoms with E-state index in [4.69, 9.17) is 4.74 Å². The van der Waals surface area contributed by atoms with Crippen molar-refractivity contribution in [2.45, 2.75) is 19.4 Å². The Hall–Kier alpha value is -1.90. The minimum atomic E-state index is -0.326. The van der Waals surface area contributed by atoms with Crippen LogP contribution in [0.1, 0.15) is 45.7 Å². The van der Waals surface area contributed by atoms with E-state index >= 15 is 0 Å². The maximum absolute atomic E-state index is 12.0. The van der Waals surface area contributed by atoms with Crippen LogP contribution in [0.5, 0.6) is 0 Å². The van der Waals surface area contributed by atoms with Crippen LogP contribution in [0.2, 0.25) is 0 Å². The van der Waals surface area contributed by atoms with Crippen molar-refractivity contribution in [3.8, 4) is 0 Å². The number of esters is 1. The second-order valence-electron chi connectivity index (χ2n) is 4.67. The van der Waals surface area contributed by atoms with Gasteiger partial charge in [-0.15, -0.1) is 0 Å². The molecule has 0 bridgehead atoms. The molecule has 0 amide bonds. The topological polar surface area (TPSA) is 43.4 Å². The summed E-state index contributed by atoms with van der Waals surface area (Å²) in [4.78, 5) is 23.8. The molecule has 3 nitrogen and oxygen atoms in total. The number of hydrogen-bond donors (Lipinski definition) is 0. The molecule has 0 spiro atoms. The summed E-state index contributed by atoms with van der Waals surface area (Å²) < 4.78 is 5.38. The summed E-state index contributed by atoms with van der Waals surface area (Å²) in [5.74, 6) is -0.334. The molecular weight excluding hydrogens is 216 g/mol. The molecule has 0 saturated heterocycles. The first kappa shape index (κ1) is 10.3. The van der Waals surface area contributed by atoms with Crippen molar-refractivity contribution in [1.29, 1.82) is 0 Å². The molecule has 1 aromatic rings. The van der Waals surface area contributed by atoms with Gasteiger partial charge in [0.25, 0.3) is 0 Å². The van der Waals surface area contributed by atoms with Gasteiger partial charge in [0, 0.05) is 23.5 Å². The van der Waals surface area contributed by atoms with Crippen LogP contribution in [0.15, 0.2) is 30.4 Å². The maximum atomic E-state index is 12.0. The van der Waals surface area contributed by atoms with Crippen molar-refractivity contribution >= 4 is 11.8 Å². The third-order valence-electron chi connectivity index (χ3n) is 3.55. The fourth-order valence-corrected chi connectivity index (χ4v) is 2.66. The van der Waals surface area contributed by atoms with E-state index in [-0.39, 0.29) is 23.8 Å². The zero-order chi connectivity index (χ0) is 12.2. The fourth-order valence-electron chi connectivity index (χ4n) is 2.66. The standard InChI is InChI=1S/C14H12O3/c1-7(2)10-6-11(15)8-4-3-5-9-12(8)13(10)17-14(9)16/h3-5,10,13H,1,6H2,2H3. The van der Waals surface area contributed by atoms with Gasteiger partial charge in [0.05, 0.1) is 5.56 Å². The SMILES string of the molecule is C=C(C)C1CC(=O)c2cccc3c2C1OC3=O. The van der Waals surface area contributed by atoms with Crippen molar-refractivity contribution in [2.75, 3.05) is 0 Å². The van der Waals surface area contributed by atoms with Crippen LogP contribution in [0.4, 0.5) is 0 Å². The lowest BCUT2D eigenvalue weighted by atomic mass is 9.77. The highest BCUT2D eigenvalue weighted by atomic mass is 16.5. The van der Waals surface area contributed by atoms with Crippen molar-refractivity contribution in [2.24, 2.45) is 5.92 Å². The Balaban J connectivity index is 2.24. The third kappa shape index (κ3) is 1.28. The van der Waals surface area contributed by atoms with Crippen molar-refractivity contribution in [1.82, 2.24) is 0 Å². The quantitative estimate of drug-likeness (QED) is 0.548. The number of ketones is 1. The van der Waals surface area contributed by atoms with Gasteiger partial charge in [-0.1, -0.05) is 24.3 Å². The molecule has 1 aromatic carbocycles. The minimum absolute atomic E-state index is 0.0735.